The number of hydrogen-bond donors (Lipinski definition) is 0. The Morgan fingerprint density at radius 2 is 2.21 bits per heavy atom. The number of carbonyl (C=O) groups excluding carboxylic acids is 1. The summed E-state index contributed by atoms with van der Waals surface area (Å²) in [6.07, 6.45) is 3.70. The van der Waals surface area contributed by atoms with Crippen molar-refractivity contribution < 1.29 is 9.21 Å². The maximum absolute atomic E-state index is 10.9. The molecule has 0 spiro atoms. The minimum absolute atomic E-state index is 0.00888. The molecule has 0 aliphatic heterocycles. The molecule has 0 aromatic carbocycles. The first-order valence-corrected chi connectivity index (χ1v) is 5.96. The van der Waals surface area contributed by atoms with E-state index >= 15 is 0 Å². The van der Waals surface area contributed by atoms with Crippen LogP contribution < -0.4 is 0 Å². The monoisotopic (exact) mass is 212 g/mol. The quantitative estimate of drug-likeness (QED) is 0.408. The summed E-state index contributed by atoms with van der Waals surface area (Å²) in [5.74, 6) is 1.52. The highest BCUT2D eigenvalue weighted by Crippen LogP contribution is 2.22. The Morgan fingerprint density at radius 1 is 1.43 bits per heavy atom. The average molecular weight is 212 g/mol. The normalized spacial score (nSPS) is 10.4. The first-order chi connectivity index (χ1) is 6.74. The summed E-state index contributed by atoms with van der Waals surface area (Å²) in [7, 11) is 0. The van der Waals surface area contributed by atoms with E-state index in [-0.39, 0.29) is 5.78 Å². The van der Waals surface area contributed by atoms with Crippen LogP contribution in [0.5, 0.6) is 0 Å². The second-order valence-corrected chi connectivity index (χ2v) is 4.33. The molecule has 0 atom stereocenters. The topological polar surface area (TPSA) is 30.2 Å². The Bertz CT molecular complexity index is 291. The van der Waals surface area contributed by atoms with Crippen LogP contribution in [0.25, 0.3) is 0 Å². The summed E-state index contributed by atoms with van der Waals surface area (Å²) < 4.78 is 5.34. The van der Waals surface area contributed by atoms with Gasteiger partial charge in [-0.25, -0.2) is 0 Å². The fourth-order valence-corrected chi connectivity index (χ4v) is 1.97. The van der Waals surface area contributed by atoms with Crippen LogP contribution in [0.1, 0.15) is 43.7 Å². The molecule has 0 radical (unpaired) electrons. The van der Waals surface area contributed by atoms with E-state index in [4.69, 9.17) is 4.42 Å². The average Bonchev–Trinajstić information content (AvgIpc) is 2.61. The van der Waals surface area contributed by atoms with Crippen molar-refractivity contribution in [1.29, 1.82) is 0 Å². The molecule has 14 heavy (non-hydrogen) atoms. The third-order valence-electron chi connectivity index (χ3n) is 1.92. The van der Waals surface area contributed by atoms with Crippen LogP contribution in [-0.4, -0.2) is 11.5 Å². The van der Waals surface area contributed by atoms with Gasteiger partial charge in [-0.15, -0.1) is 0 Å². The molecule has 1 aromatic rings. The minimum atomic E-state index is -0.00888. The molecule has 0 N–H and O–H groups in total. The molecule has 0 aliphatic carbocycles. The van der Waals surface area contributed by atoms with Crippen LogP contribution in [-0.2, 0) is 0 Å². The molecule has 0 saturated heterocycles. The van der Waals surface area contributed by atoms with Gasteiger partial charge in [-0.3, -0.25) is 4.79 Å². The van der Waals surface area contributed by atoms with E-state index in [9.17, 15) is 4.79 Å². The van der Waals surface area contributed by atoms with Crippen molar-refractivity contribution in [1.82, 2.24) is 0 Å². The highest BCUT2D eigenvalue weighted by molar-refractivity contribution is 7.99. The van der Waals surface area contributed by atoms with E-state index in [1.165, 1.54) is 26.2 Å². The molecule has 0 fully saturated rings. The number of thioether (sulfide) groups is 1. The van der Waals surface area contributed by atoms with Crippen molar-refractivity contribution in [3.8, 4) is 0 Å². The van der Waals surface area contributed by atoms with E-state index in [1.807, 2.05) is 6.07 Å². The molecule has 0 amide bonds. The molecule has 0 unspecified atom stereocenters. The second-order valence-electron chi connectivity index (χ2n) is 3.23. The van der Waals surface area contributed by atoms with Crippen molar-refractivity contribution in [2.24, 2.45) is 0 Å². The first-order valence-electron chi connectivity index (χ1n) is 4.97. The maximum Gasteiger partial charge on any atom is 0.194 e. The fraction of sp³-hybridized carbons (Fsp3) is 0.545. The van der Waals surface area contributed by atoms with Gasteiger partial charge in [-0.1, -0.05) is 31.5 Å². The van der Waals surface area contributed by atoms with Gasteiger partial charge < -0.3 is 4.42 Å². The van der Waals surface area contributed by atoms with Gasteiger partial charge in [0.15, 0.2) is 16.6 Å². The molecule has 0 bridgehead atoms. The zero-order valence-corrected chi connectivity index (χ0v) is 9.52. The lowest BCUT2D eigenvalue weighted by molar-refractivity contribution is 0.0982. The van der Waals surface area contributed by atoms with Crippen molar-refractivity contribution >= 4 is 17.5 Å². The predicted octanol–water partition coefficient (Wildman–Crippen LogP) is 3.76. The molecule has 1 rings (SSSR count). The standard InChI is InChI=1S/C11H16O2S/c1-3-4-5-8-14-11-7-6-10(13-11)9(2)12/h6-7H,3-5,8H2,1-2H3. The Kier molecular flexibility index (Phi) is 4.80. The highest BCUT2D eigenvalue weighted by atomic mass is 32.2. The lowest BCUT2D eigenvalue weighted by atomic mass is 10.3. The Balaban J connectivity index is 2.33. The summed E-state index contributed by atoms with van der Waals surface area (Å²) in [6, 6.07) is 3.61. The van der Waals surface area contributed by atoms with Crippen LogP contribution in [0.2, 0.25) is 0 Å². The predicted molar refractivity (Wildman–Crippen MR) is 59.0 cm³/mol. The van der Waals surface area contributed by atoms with E-state index in [0.29, 0.717) is 5.76 Å². The first kappa shape index (κ1) is 11.4. The number of hydrogen-bond acceptors (Lipinski definition) is 3. The van der Waals surface area contributed by atoms with Gasteiger partial charge in [-0.2, -0.15) is 0 Å². The number of Topliss-reactive ketones (excluding diaryl/α,β-unsaturated/α-hetero) is 1. The fourth-order valence-electron chi connectivity index (χ4n) is 1.11. The number of carbonyl (C=O) groups is 1. The number of unbranched alkanes of at least 4 members (excludes halogenated alkanes) is 2. The summed E-state index contributed by atoms with van der Waals surface area (Å²) in [5.41, 5.74) is 0. The Morgan fingerprint density at radius 3 is 2.79 bits per heavy atom. The number of furan rings is 1. The second kappa shape index (κ2) is 5.91. The van der Waals surface area contributed by atoms with Crippen LogP contribution >= 0.6 is 11.8 Å². The zero-order valence-electron chi connectivity index (χ0n) is 8.71. The van der Waals surface area contributed by atoms with Gasteiger partial charge >= 0.3 is 0 Å². The number of ketones is 1. The molecule has 1 heterocycles. The summed E-state index contributed by atoms with van der Waals surface area (Å²) in [4.78, 5) is 10.9. The van der Waals surface area contributed by atoms with Crippen LogP contribution in [0.4, 0.5) is 0 Å². The van der Waals surface area contributed by atoms with E-state index in [0.717, 1.165) is 10.8 Å². The molecule has 2 nitrogen and oxygen atoms in total. The molecule has 0 aliphatic rings. The summed E-state index contributed by atoms with van der Waals surface area (Å²) >= 11 is 1.68. The number of rotatable bonds is 6. The highest BCUT2D eigenvalue weighted by Gasteiger charge is 2.05. The Hall–Kier alpha value is -0.700. The minimum Gasteiger partial charge on any atom is -0.447 e. The molecule has 78 valence electrons. The van der Waals surface area contributed by atoms with Gasteiger partial charge in [-0.05, 0) is 18.6 Å². The third kappa shape index (κ3) is 3.58. The van der Waals surface area contributed by atoms with Gasteiger partial charge in [0.2, 0.25) is 0 Å². The van der Waals surface area contributed by atoms with Gasteiger partial charge in [0.05, 0.1) is 0 Å². The molecule has 0 saturated carbocycles. The summed E-state index contributed by atoms with van der Waals surface area (Å²) in [6.45, 7) is 3.70. The maximum atomic E-state index is 10.9. The van der Waals surface area contributed by atoms with Crippen LogP contribution in [0.15, 0.2) is 21.6 Å². The van der Waals surface area contributed by atoms with Crippen LogP contribution in [0.3, 0.4) is 0 Å². The molecule has 1 aromatic heterocycles. The van der Waals surface area contributed by atoms with E-state index in [1.54, 1.807) is 17.8 Å². The third-order valence-corrected chi connectivity index (χ3v) is 2.92. The lowest BCUT2D eigenvalue weighted by Gasteiger charge is -1.96. The summed E-state index contributed by atoms with van der Waals surface area (Å²) in [5, 5.41) is 0.853. The van der Waals surface area contributed by atoms with Gasteiger partial charge in [0.25, 0.3) is 0 Å². The van der Waals surface area contributed by atoms with Crippen molar-refractivity contribution in [2.45, 2.75) is 38.2 Å². The lowest BCUT2D eigenvalue weighted by Crippen LogP contribution is -1.86. The van der Waals surface area contributed by atoms with E-state index < -0.39 is 0 Å². The van der Waals surface area contributed by atoms with Crippen LogP contribution in [0, 0.1) is 0 Å². The van der Waals surface area contributed by atoms with Crippen molar-refractivity contribution in [3.63, 3.8) is 0 Å². The zero-order chi connectivity index (χ0) is 10.4. The van der Waals surface area contributed by atoms with Gasteiger partial charge in [0, 0.05) is 12.7 Å². The van der Waals surface area contributed by atoms with Crippen molar-refractivity contribution in [3.05, 3.63) is 17.9 Å². The van der Waals surface area contributed by atoms with E-state index in [2.05, 4.69) is 6.92 Å². The smallest absolute Gasteiger partial charge is 0.194 e. The SMILES string of the molecule is CCCCCSc1ccc(C(C)=O)o1. The largest absolute Gasteiger partial charge is 0.447 e. The molecule has 3 heteroatoms. The van der Waals surface area contributed by atoms with Gasteiger partial charge in [0.1, 0.15) is 0 Å². The Labute approximate surface area is 89.1 Å². The van der Waals surface area contributed by atoms with Crippen molar-refractivity contribution in [2.75, 3.05) is 5.75 Å². The molecular formula is C11H16O2S. The molecular weight excluding hydrogens is 196 g/mol.